The van der Waals surface area contributed by atoms with Gasteiger partial charge in [0, 0.05) is 19.3 Å². The van der Waals surface area contributed by atoms with E-state index in [9.17, 15) is 14.4 Å². The standard InChI is InChI=1S/C61H102O6/c1-4-7-10-13-16-19-22-25-27-29-30-32-33-36-39-42-45-48-51-54-60(63)66-57-58(56-65-59(62)53-50-47-44-41-38-35-24-21-18-15-12-9-6-3)67-61(64)55-52-49-46-43-40-37-34-31-28-26-23-20-17-14-11-8-5-2/h7,10,16-17,19-21,24-28,30,32,36,39,58H,4-6,8-9,11-15,18,22-23,29,31,33-35,37-38,40-57H2,1-3H3/b10-7-,19-16-,20-17-,24-21-,27-25-,28-26-,32-30-,39-36-. The van der Waals surface area contributed by atoms with E-state index in [0.29, 0.717) is 19.3 Å². The highest BCUT2D eigenvalue weighted by Crippen LogP contribution is 2.14. The van der Waals surface area contributed by atoms with Crippen molar-refractivity contribution in [2.45, 2.75) is 258 Å². The number of allylic oxidation sites excluding steroid dienone is 16. The number of esters is 3. The zero-order valence-electron chi connectivity index (χ0n) is 43.6. The summed E-state index contributed by atoms with van der Waals surface area (Å²) in [6.07, 6.45) is 72.4. The van der Waals surface area contributed by atoms with Crippen molar-refractivity contribution in [3.05, 3.63) is 97.2 Å². The van der Waals surface area contributed by atoms with Crippen LogP contribution in [0.4, 0.5) is 0 Å². The molecular formula is C61H102O6. The molecule has 0 N–H and O–H groups in total. The van der Waals surface area contributed by atoms with Gasteiger partial charge in [0.1, 0.15) is 13.2 Å². The van der Waals surface area contributed by atoms with Crippen molar-refractivity contribution in [3.63, 3.8) is 0 Å². The molecule has 0 amide bonds. The fourth-order valence-electron chi connectivity index (χ4n) is 7.37. The van der Waals surface area contributed by atoms with Gasteiger partial charge in [-0.1, -0.05) is 208 Å². The van der Waals surface area contributed by atoms with E-state index in [-0.39, 0.29) is 31.1 Å². The van der Waals surface area contributed by atoms with Crippen LogP contribution in [0.5, 0.6) is 0 Å². The molecule has 0 heterocycles. The largest absolute Gasteiger partial charge is 0.462 e. The average Bonchev–Trinajstić information content (AvgIpc) is 3.33. The van der Waals surface area contributed by atoms with E-state index in [0.717, 1.165) is 116 Å². The van der Waals surface area contributed by atoms with Crippen molar-refractivity contribution in [1.82, 2.24) is 0 Å². The van der Waals surface area contributed by atoms with Crippen LogP contribution in [-0.4, -0.2) is 37.2 Å². The Morgan fingerprint density at radius 3 is 0.970 bits per heavy atom. The van der Waals surface area contributed by atoms with Crippen LogP contribution < -0.4 is 0 Å². The van der Waals surface area contributed by atoms with Crippen LogP contribution >= 0.6 is 0 Å². The van der Waals surface area contributed by atoms with E-state index >= 15 is 0 Å². The Kier molecular flexibility index (Phi) is 51.9. The summed E-state index contributed by atoms with van der Waals surface area (Å²) in [4.78, 5) is 38.1. The first-order valence-electron chi connectivity index (χ1n) is 27.7. The highest BCUT2D eigenvalue weighted by atomic mass is 16.6. The molecule has 0 rings (SSSR count). The molecule has 1 unspecified atom stereocenters. The summed E-state index contributed by atoms with van der Waals surface area (Å²) in [6.45, 7) is 6.44. The van der Waals surface area contributed by atoms with Crippen molar-refractivity contribution < 1.29 is 28.6 Å². The van der Waals surface area contributed by atoms with Crippen LogP contribution in [0.15, 0.2) is 97.2 Å². The minimum absolute atomic E-state index is 0.0964. The molecule has 382 valence electrons. The molecule has 0 aromatic heterocycles. The van der Waals surface area contributed by atoms with Crippen LogP contribution in [0.3, 0.4) is 0 Å². The highest BCUT2D eigenvalue weighted by molar-refractivity contribution is 5.71. The van der Waals surface area contributed by atoms with Gasteiger partial charge < -0.3 is 14.2 Å². The van der Waals surface area contributed by atoms with Crippen molar-refractivity contribution in [2.24, 2.45) is 0 Å². The molecule has 1 atom stereocenters. The molecule has 6 heteroatoms. The van der Waals surface area contributed by atoms with Gasteiger partial charge in [-0.2, -0.15) is 0 Å². The molecule has 67 heavy (non-hydrogen) atoms. The number of carbonyl (C=O) groups is 3. The molecular weight excluding hydrogens is 829 g/mol. The van der Waals surface area contributed by atoms with Gasteiger partial charge in [0.05, 0.1) is 0 Å². The minimum Gasteiger partial charge on any atom is -0.462 e. The number of hydrogen-bond acceptors (Lipinski definition) is 6. The van der Waals surface area contributed by atoms with Crippen molar-refractivity contribution in [3.8, 4) is 0 Å². The predicted octanol–water partition coefficient (Wildman–Crippen LogP) is 18.5. The molecule has 0 bridgehead atoms. The smallest absolute Gasteiger partial charge is 0.306 e. The summed E-state index contributed by atoms with van der Waals surface area (Å²) in [6, 6.07) is 0. The molecule has 0 aromatic rings. The Morgan fingerprint density at radius 2 is 0.582 bits per heavy atom. The molecule has 0 fully saturated rings. The molecule has 0 aliphatic carbocycles. The molecule has 0 aliphatic rings. The molecule has 6 nitrogen and oxygen atoms in total. The fourth-order valence-corrected chi connectivity index (χ4v) is 7.37. The molecule has 0 spiro atoms. The molecule has 0 saturated heterocycles. The Hall–Kier alpha value is -3.67. The fraction of sp³-hybridized carbons (Fsp3) is 0.689. The SMILES string of the molecule is CC/C=C\C/C=C\C/C=C\C/C=C\C/C=C\CCCCCC(=O)OCC(COC(=O)CCCCCCC/C=C\CCCCCC)OC(=O)CCCCCCCCC/C=C\C/C=C\CCCCC. The Bertz CT molecular complexity index is 1350. The maximum Gasteiger partial charge on any atom is 0.306 e. The number of rotatable bonds is 49. The van der Waals surface area contributed by atoms with Gasteiger partial charge in [0.15, 0.2) is 6.10 Å². The lowest BCUT2D eigenvalue weighted by Crippen LogP contribution is -2.30. The molecule has 0 aliphatic heterocycles. The van der Waals surface area contributed by atoms with Crippen molar-refractivity contribution in [2.75, 3.05) is 13.2 Å². The zero-order valence-corrected chi connectivity index (χ0v) is 43.6. The summed E-state index contributed by atoms with van der Waals surface area (Å²) in [5.41, 5.74) is 0. The van der Waals surface area contributed by atoms with Gasteiger partial charge in [0.2, 0.25) is 0 Å². The summed E-state index contributed by atoms with van der Waals surface area (Å²) in [5, 5.41) is 0. The Balaban J connectivity index is 4.47. The van der Waals surface area contributed by atoms with Gasteiger partial charge in [-0.05, 0) is 122 Å². The maximum absolute atomic E-state index is 12.8. The summed E-state index contributed by atoms with van der Waals surface area (Å²) in [5.74, 6) is -0.945. The normalized spacial score (nSPS) is 12.8. The second-order valence-electron chi connectivity index (χ2n) is 18.1. The molecule has 0 saturated carbocycles. The first-order valence-corrected chi connectivity index (χ1v) is 27.7. The van der Waals surface area contributed by atoms with Gasteiger partial charge >= 0.3 is 17.9 Å². The third-order valence-electron chi connectivity index (χ3n) is 11.5. The summed E-state index contributed by atoms with van der Waals surface area (Å²) >= 11 is 0. The number of carbonyl (C=O) groups excluding carboxylic acids is 3. The topological polar surface area (TPSA) is 78.9 Å². The van der Waals surface area contributed by atoms with Gasteiger partial charge in [-0.3, -0.25) is 14.4 Å². The lowest BCUT2D eigenvalue weighted by Gasteiger charge is -2.18. The van der Waals surface area contributed by atoms with E-state index in [4.69, 9.17) is 14.2 Å². The third-order valence-corrected chi connectivity index (χ3v) is 11.5. The van der Waals surface area contributed by atoms with E-state index in [1.165, 1.54) is 96.3 Å². The van der Waals surface area contributed by atoms with E-state index < -0.39 is 6.10 Å². The van der Waals surface area contributed by atoms with Gasteiger partial charge in [-0.25, -0.2) is 0 Å². The second kappa shape index (κ2) is 54.9. The van der Waals surface area contributed by atoms with Crippen molar-refractivity contribution >= 4 is 17.9 Å². The van der Waals surface area contributed by atoms with Crippen LogP contribution in [-0.2, 0) is 28.6 Å². The maximum atomic E-state index is 12.8. The van der Waals surface area contributed by atoms with Crippen LogP contribution in [0.2, 0.25) is 0 Å². The first kappa shape index (κ1) is 63.3. The lowest BCUT2D eigenvalue weighted by molar-refractivity contribution is -0.167. The lowest BCUT2D eigenvalue weighted by atomic mass is 10.1. The second-order valence-corrected chi connectivity index (χ2v) is 18.1. The first-order chi connectivity index (χ1) is 33.0. The summed E-state index contributed by atoms with van der Waals surface area (Å²) < 4.78 is 16.8. The van der Waals surface area contributed by atoms with Gasteiger partial charge in [0.25, 0.3) is 0 Å². The number of ether oxygens (including phenoxy) is 3. The number of hydrogen-bond donors (Lipinski definition) is 0. The van der Waals surface area contributed by atoms with Crippen LogP contribution in [0, 0.1) is 0 Å². The Morgan fingerprint density at radius 1 is 0.313 bits per heavy atom. The monoisotopic (exact) mass is 931 g/mol. The van der Waals surface area contributed by atoms with Crippen LogP contribution in [0.25, 0.3) is 0 Å². The van der Waals surface area contributed by atoms with Gasteiger partial charge in [-0.15, -0.1) is 0 Å². The predicted molar refractivity (Wildman–Crippen MR) is 288 cm³/mol. The minimum atomic E-state index is -0.800. The van der Waals surface area contributed by atoms with E-state index in [2.05, 4.69) is 118 Å². The molecule has 0 radical (unpaired) electrons. The quantitative estimate of drug-likeness (QED) is 0.0262. The van der Waals surface area contributed by atoms with E-state index in [1.54, 1.807) is 0 Å². The molecule has 0 aromatic carbocycles. The van der Waals surface area contributed by atoms with Crippen LogP contribution in [0.1, 0.15) is 252 Å². The van der Waals surface area contributed by atoms with Crippen molar-refractivity contribution in [1.29, 1.82) is 0 Å². The zero-order chi connectivity index (χ0) is 48.6. The summed E-state index contributed by atoms with van der Waals surface area (Å²) in [7, 11) is 0. The number of unbranched alkanes of at least 4 members (excludes halogenated alkanes) is 22. The Labute approximate surface area is 413 Å². The average molecular weight is 931 g/mol. The third kappa shape index (κ3) is 53.2. The highest BCUT2D eigenvalue weighted by Gasteiger charge is 2.19. The van der Waals surface area contributed by atoms with E-state index in [1.807, 2.05) is 0 Å².